The number of hydrogen-bond acceptors (Lipinski definition) is 4. The van der Waals surface area contributed by atoms with Crippen LogP contribution in [0.5, 0.6) is 0 Å². The fourth-order valence-corrected chi connectivity index (χ4v) is 2.14. The van der Waals surface area contributed by atoms with Crippen LogP contribution < -0.4 is 5.73 Å². The summed E-state index contributed by atoms with van der Waals surface area (Å²) in [5, 5.41) is 8.89. The molecule has 0 aromatic carbocycles. The highest BCUT2D eigenvalue weighted by atomic mass is 16.4. The molecule has 3 N–H and O–H groups in total. The van der Waals surface area contributed by atoms with E-state index in [0.29, 0.717) is 19.0 Å². The first kappa shape index (κ1) is 11.2. The Labute approximate surface area is 93.8 Å². The summed E-state index contributed by atoms with van der Waals surface area (Å²) in [5.74, 6) is -0.411. The van der Waals surface area contributed by atoms with E-state index in [1.165, 1.54) is 6.26 Å². The fraction of sp³-hybridized carbons (Fsp3) is 0.545. The van der Waals surface area contributed by atoms with Gasteiger partial charge in [-0.1, -0.05) is 0 Å². The van der Waals surface area contributed by atoms with Gasteiger partial charge in [0.25, 0.3) is 0 Å². The van der Waals surface area contributed by atoms with Crippen molar-refractivity contribution < 1.29 is 14.3 Å². The molecule has 5 heteroatoms. The zero-order valence-corrected chi connectivity index (χ0v) is 9.06. The van der Waals surface area contributed by atoms with E-state index >= 15 is 0 Å². The molecule has 1 aromatic rings. The van der Waals surface area contributed by atoms with Crippen LogP contribution in [0.2, 0.25) is 0 Å². The third-order valence-electron chi connectivity index (χ3n) is 3.04. The topological polar surface area (TPSA) is 79.7 Å². The zero-order chi connectivity index (χ0) is 11.5. The van der Waals surface area contributed by atoms with Gasteiger partial charge in [-0.15, -0.1) is 0 Å². The molecule has 1 saturated heterocycles. The minimum atomic E-state index is -1.01. The van der Waals surface area contributed by atoms with Crippen LogP contribution in [0.3, 0.4) is 0 Å². The molecule has 0 radical (unpaired) electrons. The maximum absolute atomic E-state index is 10.8. The van der Waals surface area contributed by atoms with Gasteiger partial charge in [0, 0.05) is 18.7 Å². The second-order valence-electron chi connectivity index (χ2n) is 4.21. The van der Waals surface area contributed by atoms with Crippen molar-refractivity contribution in [1.82, 2.24) is 4.90 Å². The number of carboxylic acid groups (broad SMARTS) is 1. The van der Waals surface area contributed by atoms with E-state index < -0.39 is 5.97 Å². The predicted molar refractivity (Wildman–Crippen MR) is 58.1 cm³/mol. The van der Waals surface area contributed by atoms with Crippen molar-refractivity contribution in [3.8, 4) is 0 Å². The maximum Gasteiger partial charge on any atom is 0.372 e. The Morgan fingerprint density at radius 2 is 2.50 bits per heavy atom. The highest BCUT2D eigenvalue weighted by Crippen LogP contribution is 2.20. The normalized spacial score (nSPS) is 21.4. The fourth-order valence-electron chi connectivity index (χ4n) is 2.14. The van der Waals surface area contributed by atoms with E-state index in [-0.39, 0.29) is 5.76 Å². The molecule has 1 atom stereocenters. The molecule has 5 nitrogen and oxygen atoms in total. The molecule has 0 spiro atoms. The first-order valence-corrected chi connectivity index (χ1v) is 5.42. The van der Waals surface area contributed by atoms with Gasteiger partial charge in [-0.2, -0.15) is 0 Å². The minimum absolute atomic E-state index is 0.0520. The summed E-state index contributed by atoms with van der Waals surface area (Å²) in [6, 6.07) is 1.72. The molecule has 0 amide bonds. The first-order valence-electron chi connectivity index (χ1n) is 5.42. The van der Waals surface area contributed by atoms with Gasteiger partial charge in [-0.3, -0.25) is 4.90 Å². The molecule has 16 heavy (non-hydrogen) atoms. The number of furan rings is 1. The van der Waals surface area contributed by atoms with Gasteiger partial charge in [0.05, 0.1) is 6.26 Å². The molecule has 1 aromatic heterocycles. The summed E-state index contributed by atoms with van der Waals surface area (Å²) < 4.78 is 4.94. The van der Waals surface area contributed by atoms with Gasteiger partial charge < -0.3 is 15.3 Å². The summed E-state index contributed by atoms with van der Waals surface area (Å²) in [4.78, 5) is 13.1. The number of carboxylic acids is 1. The van der Waals surface area contributed by atoms with Crippen molar-refractivity contribution >= 4 is 5.97 Å². The van der Waals surface area contributed by atoms with E-state index in [0.717, 1.165) is 25.1 Å². The van der Waals surface area contributed by atoms with E-state index in [9.17, 15) is 4.79 Å². The highest BCUT2D eigenvalue weighted by Gasteiger charge is 2.23. The Hall–Kier alpha value is -1.33. The Balaban J connectivity index is 1.99. The number of nitrogens with zero attached hydrogens (tertiary/aromatic N) is 1. The van der Waals surface area contributed by atoms with E-state index in [2.05, 4.69) is 4.90 Å². The molecule has 88 valence electrons. The highest BCUT2D eigenvalue weighted by molar-refractivity contribution is 5.86. The van der Waals surface area contributed by atoms with E-state index in [1.807, 2.05) is 0 Å². The van der Waals surface area contributed by atoms with Crippen molar-refractivity contribution in [3.63, 3.8) is 0 Å². The Bertz CT molecular complexity index is 375. The monoisotopic (exact) mass is 224 g/mol. The Kier molecular flexibility index (Phi) is 3.26. The van der Waals surface area contributed by atoms with Crippen molar-refractivity contribution in [3.05, 3.63) is 23.7 Å². The van der Waals surface area contributed by atoms with Gasteiger partial charge >= 0.3 is 5.97 Å². The lowest BCUT2D eigenvalue weighted by atomic mass is 10.1. The summed E-state index contributed by atoms with van der Waals surface area (Å²) in [7, 11) is 0. The Morgan fingerprint density at radius 3 is 3.12 bits per heavy atom. The molecule has 1 unspecified atom stereocenters. The second-order valence-corrected chi connectivity index (χ2v) is 4.21. The van der Waals surface area contributed by atoms with Crippen molar-refractivity contribution in [2.24, 2.45) is 11.7 Å². The summed E-state index contributed by atoms with van der Waals surface area (Å²) in [6.45, 7) is 3.26. The van der Waals surface area contributed by atoms with Crippen molar-refractivity contribution in [1.29, 1.82) is 0 Å². The smallest absolute Gasteiger partial charge is 0.372 e. The number of rotatable bonds is 4. The molecular weight excluding hydrogens is 208 g/mol. The molecule has 2 rings (SSSR count). The van der Waals surface area contributed by atoms with Gasteiger partial charge in [0.1, 0.15) is 0 Å². The molecule has 2 heterocycles. The zero-order valence-electron chi connectivity index (χ0n) is 9.06. The quantitative estimate of drug-likeness (QED) is 0.789. The van der Waals surface area contributed by atoms with Crippen LogP contribution in [0.15, 0.2) is 16.7 Å². The minimum Gasteiger partial charge on any atom is -0.475 e. The van der Waals surface area contributed by atoms with Crippen molar-refractivity contribution in [2.45, 2.75) is 13.0 Å². The molecule has 1 aliphatic heterocycles. The van der Waals surface area contributed by atoms with Gasteiger partial charge in [0.15, 0.2) is 0 Å². The molecule has 0 bridgehead atoms. The number of nitrogens with two attached hydrogens (primary N) is 1. The van der Waals surface area contributed by atoms with Gasteiger partial charge in [0.2, 0.25) is 5.76 Å². The maximum atomic E-state index is 10.8. The summed E-state index contributed by atoms with van der Waals surface area (Å²) in [6.07, 6.45) is 2.52. The van der Waals surface area contributed by atoms with E-state index in [1.54, 1.807) is 6.07 Å². The lowest BCUT2D eigenvalue weighted by molar-refractivity contribution is 0.0659. The third-order valence-corrected chi connectivity index (χ3v) is 3.04. The van der Waals surface area contributed by atoms with Gasteiger partial charge in [-0.05, 0) is 31.5 Å². The molecule has 0 aliphatic carbocycles. The molecule has 1 fully saturated rings. The average Bonchev–Trinajstić information content (AvgIpc) is 2.87. The average molecular weight is 224 g/mol. The van der Waals surface area contributed by atoms with Crippen LogP contribution >= 0.6 is 0 Å². The first-order chi connectivity index (χ1) is 7.70. The molecule has 1 aliphatic rings. The van der Waals surface area contributed by atoms with Gasteiger partial charge in [-0.25, -0.2) is 4.79 Å². The summed E-state index contributed by atoms with van der Waals surface area (Å²) >= 11 is 0. The number of likely N-dealkylation sites (tertiary alicyclic amines) is 1. The van der Waals surface area contributed by atoms with Crippen molar-refractivity contribution in [2.75, 3.05) is 19.6 Å². The summed E-state index contributed by atoms with van der Waals surface area (Å²) in [5.41, 5.74) is 6.35. The van der Waals surface area contributed by atoms with Crippen LogP contribution in [0.4, 0.5) is 0 Å². The predicted octanol–water partition coefficient (Wildman–Crippen LogP) is 0.758. The Morgan fingerprint density at radius 1 is 1.69 bits per heavy atom. The lowest BCUT2D eigenvalue weighted by Crippen LogP contribution is -2.23. The lowest BCUT2D eigenvalue weighted by Gasteiger charge is -2.14. The number of aromatic carboxylic acids is 1. The van der Waals surface area contributed by atoms with Crippen LogP contribution in [-0.2, 0) is 6.54 Å². The number of hydrogen-bond donors (Lipinski definition) is 2. The third kappa shape index (κ3) is 2.25. The molecule has 0 saturated carbocycles. The van der Waals surface area contributed by atoms with Crippen LogP contribution in [0.1, 0.15) is 22.5 Å². The second kappa shape index (κ2) is 4.67. The number of carbonyl (C=O) groups is 1. The molecular formula is C11H16N2O3. The van der Waals surface area contributed by atoms with Crippen LogP contribution in [-0.4, -0.2) is 35.6 Å². The SMILES string of the molecule is NCC1CCN(Cc2ccoc2C(=O)O)C1. The largest absolute Gasteiger partial charge is 0.475 e. The van der Waals surface area contributed by atoms with Crippen LogP contribution in [0, 0.1) is 5.92 Å². The standard InChI is InChI=1S/C11H16N2O3/c12-5-8-1-3-13(6-8)7-9-2-4-16-10(9)11(14)15/h2,4,8H,1,3,5-7,12H2,(H,14,15). The van der Waals surface area contributed by atoms with Crippen LogP contribution in [0.25, 0.3) is 0 Å². The van der Waals surface area contributed by atoms with E-state index in [4.69, 9.17) is 15.3 Å².